The molecule has 0 radical (unpaired) electrons. The van der Waals surface area contributed by atoms with Crippen LogP contribution in [0.1, 0.15) is 13.3 Å². The number of rotatable bonds is 0. The van der Waals surface area contributed by atoms with Gasteiger partial charge >= 0.3 is 0 Å². The van der Waals surface area contributed by atoms with E-state index < -0.39 is 0 Å². The Bertz CT molecular complexity index is 126. The van der Waals surface area contributed by atoms with E-state index in [4.69, 9.17) is 0 Å². The van der Waals surface area contributed by atoms with Gasteiger partial charge in [0.15, 0.2) is 0 Å². The highest BCUT2D eigenvalue weighted by atomic mass is 13.6. The Balaban J connectivity index is 3.45. The van der Waals surface area contributed by atoms with Gasteiger partial charge in [0.1, 0.15) is 0 Å². The van der Waals surface area contributed by atoms with Crippen molar-refractivity contribution in [3.05, 3.63) is 18.4 Å². The Morgan fingerprint density at radius 1 is 1.71 bits per heavy atom. The van der Waals surface area contributed by atoms with Gasteiger partial charge in [-0.05, 0) is 0 Å². The van der Waals surface area contributed by atoms with Crippen LogP contribution in [0, 0.1) is 11.8 Å². The Labute approximate surface area is 44.5 Å². The summed E-state index contributed by atoms with van der Waals surface area (Å²) in [6.07, 6.45) is 2.52. The third kappa shape index (κ3) is 5.08. The molecule has 0 rings (SSSR count). The highest BCUT2D eigenvalue weighted by Gasteiger charge is 1.52. The van der Waals surface area contributed by atoms with Crippen molar-refractivity contribution < 1.29 is 0 Å². The second kappa shape index (κ2) is 5.08. The van der Waals surface area contributed by atoms with Gasteiger partial charge < -0.3 is 0 Å². The first kappa shape index (κ1) is 6.08. The van der Waals surface area contributed by atoms with Crippen LogP contribution in [0.15, 0.2) is 18.4 Å². The molecule has 0 aliphatic heterocycles. The zero-order chi connectivity index (χ0) is 5.54. The molecule has 0 heteroatoms. The Morgan fingerprint density at radius 3 is 2.86 bits per heavy atom. The molecule has 0 amide bonds. The maximum atomic E-state index is 3.35. The van der Waals surface area contributed by atoms with Gasteiger partial charge in [0, 0.05) is 12.5 Å². The molecule has 0 atom stereocenters. The average Bonchev–Trinajstić information content (AvgIpc) is 1.69. The molecule has 0 spiro atoms. The van der Waals surface area contributed by atoms with Crippen molar-refractivity contribution in [2.45, 2.75) is 13.3 Å². The fourth-order valence-corrected chi connectivity index (χ4v) is 0.204. The molecule has 0 nitrogen and oxygen atoms in total. The predicted octanol–water partition coefficient (Wildman–Crippen LogP) is 1.74. The van der Waals surface area contributed by atoms with Crippen LogP contribution in [0.5, 0.6) is 0 Å². The van der Waals surface area contributed by atoms with E-state index in [-0.39, 0.29) is 0 Å². The van der Waals surface area contributed by atoms with Crippen LogP contribution in [-0.4, -0.2) is 0 Å². The largest absolute Gasteiger partial charge is 0.120 e. The second-order valence-electron chi connectivity index (χ2n) is 1.02. The van der Waals surface area contributed by atoms with E-state index in [0.29, 0.717) is 0 Å². The molecule has 36 valence electrons. The van der Waals surface area contributed by atoms with Gasteiger partial charge in [-0.3, -0.25) is 0 Å². The third-order valence-electron chi connectivity index (χ3n) is 0.453. The topological polar surface area (TPSA) is 0 Å². The van der Waals surface area contributed by atoms with Crippen LogP contribution in [-0.2, 0) is 0 Å². The molecule has 0 heterocycles. The maximum absolute atomic E-state index is 3.35. The van der Waals surface area contributed by atoms with Crippen molar-refractivity contribution >= 4 is 0 Å². The van der Waals surface area contributed by atoms with Crippen LogP contribution in [0.4, 0.5) is 0 Å². The van der Waals surface area contributed by atoms with E-state index in [2.05, 4.69) is 24.2 Å². The van der Waals surface area contributed by atoms with E-state index in [1.54, 1.807) is 6.08 Å². The second-order valence-corrected chi connectivity index (χ2v) is 1.02. The van der Waals surface area contributed by atoms with Crippen LogP contribution in [0.2, 0.25) is 0 Å². The fourth-order valence-electron chi connectivity index (χ4n) is 0.204. The molecule has 0 fully saturated rings. The van der Waals surface area contributed by atoms with Crippen molar-refractivity contribution in [1.29, 1.82) is 0 Å². The van der Waals surface area contributed by atoms with Crippen LogP contribution in [0.25, 0.3) is 0 Å². The van der Waals surface area contributed by atoms with E-state index in [0.717, 1.165) is 6.42 Å². The molecule has 0 bridgehead atoms. The van der Waals surface area contributed by atoms with Crippen LogP contribution >= 0.6 is 0 Å². The summed E-state index contributed by atoms with van der Waals surface area (Å²) in [5.74, 6) is 5.58. The van der Waals surface area contributed by atoms with Gasteiger partial charge in [0.2, 0.25) is 0 Å². The molecule has 0 aliphatic carbocycles. The first-order valence-corrected chi connectivity index (χ1v) is 2.24. The number of hydrogen-bond acceptors (Lipinski definition) is 0. The summed E-state index contributed by atoms with van der Waals surface area (Å²) in [5.41, 5.74) is 2.55. The average molecular weight is 92.1 g/mol. The van der Waals surface area contributed by atoms with Gasteiger partial charge in [-0.1, -0.05) is 25.3 Å². The lowest BCUT2D eigenvalue weighted by atomic mass is 10.4. The fraction of sp³-hybridized carbons (Fsp3) is 0.286. The Kier molecular flexibility index (Phi) is 4.41. The van der Waals surface area contributed by atoms with Crippen molar-refractivity contribution in [2.24, 2.45) is 0 Å². The molecule has 7 heavy (non-hydrogen) atoms. The van der Waals surface area contributed by atoms with Gasteiger partial charge in [0.25, 0.3) is 0 Å². The quantitative estimate of drug-likeness (QED) is 0.315. The highest BCUT2D eigenvalue weighted by Crippen LogP contribution is 1.66. The normalized spacial score (nSPS) is 5.29. The Morgan fingerprint density at radius 2 is 2.43 bits per heavy atom. The summed E-state index contributed by atoms with van der Waals surface area (Å²) < 4.78 is 0. The zero-order valence-corrected chi connectivity index (χ0v) is 4.49. The molecule has 0 unspecified atom stereocenters. The van der Waals surface area contributed by atoms with Crippen molar-refractivity contribution in [3.8, 4) is 11.8 Å². The summed E-state index contributed by atoms with van der Waals surface area (Å²) in [5, 5.41) is 0. The molecular weight excluding hydrogens is 84.1 g/mol. The van der Waals surface area contributed by atoms with E-state index in [9.17, 15) is 0 Å². The summed E-state index contributed by atoms with van der Waals surface area (Å²) >= 11 is 0. The van der Waals surface area contributed by atoms with E-state index >= 15 is 0 Å². The molecule has 0 aromatic heterocycles. The number of allylic oxidation sites excluding steroid dienone is 1. The minimum atomic E-state index is 0.901. The smallest absolute Gasteiger partial charge is 0.0295 e. The van der Waals surface area contributed by atoms with Crippen LogP contribution in [0.3, 0.4) is 0 Å². The van der Waals surface area contributed by atoms with Crippen molar-refractivity contribution in [1.82, 2.24) is 0 Å². The highest BCUT2D eigenvalue weighted by molar-refractivity contribution is 5.13. The summed E-state index contributed by atoms with van der Waals surface area (Å²) in [6, 6.07) is 0. The zero-order valence-electron chi connectivity index (χ0n) is 4.49. The van der Waals surface area contributed by atoms with Crippen molar-refractivity contribution in [2.75, 3.05) is 0 Å². The third-order valence-corrected chi connectivity index (χ3v) is 0.453. The first-order valence-electron chi connectivity index (χ1n) is 2.24. The minimum absolute atomic E-state index is 0.901. The first-order chi connectivity index (χ1) is 3.41. The van der Waals surface area contributed by atoms with E-state index in [1.807, 2.05) is 6.92 Å². The van der Waals surface area contributed by atoms with Gasteiger partial charge in [-0.15, -0.1) is 5.73 Å². The predicted molar refractivity (Wildman–Crippen MR) is 31.8 cm³/mol. The summed E-state index contributed by atoms with van der Waals surface area (Å²) in [4.78, 5) is 0. The molecule has 0 aliphatic rings. The minimum Gasteiger partial charge on any atom is -0.120 e. The van der Waals surface area contributed by atoms with Gasteiger partial charge in [-0.2, -0.15) is 0 Å². The van der Waals surface area contributed by atoms with Crippen LogP contribution < -0.4 is 0 Å². The molecule has 0 aromatic carbocycles. The standard InChI is InChI=1S/C7H8/c1-3-5-7-6-4-2/h5H,1,4H2,2H3. The molecule has 0 aromatic rings. The lowest BCUT2D eigenvalue weighted by Crippen LogP contribution is -1.48. The molecule has 0 saturated heterocycles. The molecule has 0 saturated carbocycles. The Hall–Kier alpha value is -0.920. The lowest BCUT2D eigenvalue weighted by molar-refractivity contribution is 1.28. The van der Waals surface area contributed by atoms with Crippen molar-refractivity contribution in [3.63, 3.8) is 0 Å². The molecule has 0 N–H and O–H groups in total. The van der Waals surface area contributed by atoms with E-state index in [1.165, 1.54) is 0 Å². The summed E-state index contributed by atoms with van der Waals surface area (Å²) in [7, 11) is 0. The SMILES string of the molecule is C=C=CC#CCC. The molecular formula is C7H8. The number of hydrogen-bond donors (Lipinski definition) is 0. The maximum Gasteiger partial charge on any atom is 0.0295 e. The monoisotopic (exact) mass is 92.1 g/mol. The van der Waals surface area contributed by atoms with Gasteiger partial charge in [0.05, 0.1) is 0 Å². The summed E-state index contributed by atoms with van der Waals surface area (Å²) in [6.45, 7) is 5.35. The lowest BCUT2D eigenvalue weighted by Gasteiger charge is -1.60. The van der Waals surface area contributed by atoms with Gasteiger partial charge in [-0.25, -0.2) is 0 Å².